The first-order chi connectivity index (χ1) is 9.63. The van der Waals surface area contributed by atoms with Gasteiger partial charge in [0.2, 0.25) is 0 Å². The van der Waals surface area contributed by atoms with Crippen LogP contribution in [0.15, 0.2) is 30.3 Å². The van der Waals surface area contributed by atoms with Crippen molar-refractivity contribution in [1.82, 2.24) is 10.6 Å². The van der Waals surface area contributed by atoms with Crippen LogP contribution in [0.1, 0.15) is 12.5 Å². The van der Waals surface area contributed by atoms with E-state index in [-0.39, 0.29) is 6.42 Å². The summed E-state index contributed by atoms with van der Waals surface area (Å²) in [6, 6.07) is 7.70. The lowest BCUT2D eigenvalue weighted by molar-refractivity contribution is -0.139. The first kappa shape index (κ1) is 16.0. The monoisotopic (exact) mass is 280 g/mol. The highest BCUT2D eigenvalue weighted by Crippen LogP contribution is 2.03. The van der Waals surface area contributed by atoms with Gasteiger partial charge in [-0.2, -0.15) is 0 Å². The van der Waals surface area contributed by atoms with Crippen molar-refractivity contribution < 1.29 is 19.4 Å². The quantitative estimate of drug-likeness (QED) is 0.620. The first-order valence-corrected chi connectivity index (χ1v) is 6.52. The molecule has 0 radical (unpaired) electrons. The molecule has 0 saturated carbocycles. The maximum Gasteiger partial charge on any atom is 0.326 e. The summed E-state index contributed by atoms with van der Waals surface area (Å²) in [4.78, 5) is 22.7. The van der Waals surface area contributed by atoms with Crippen molar-refractivity contribution in [2.45, 2.75) is 19.4 Å². The van der Waals surface area contributed by atoms with Crippen LogP contribution >= 0.6 is 0 Å². The predicted molar refractivity (Wildman–Crippen MR) is 74.6 cm³/mol. The van der Waals surface area contributed by atoms with Crippen LogP contribution in [0.3, 0.4) is 0 Å². The zero-order chi connectivity index (χ0) is 14.8. The molecule has 0 heterocycles. The number of carbonyl (C=O) groups is 2. The Morgan fingerprint density at radius 1 is 1.30 bits per heavy atom. The van der Waals surface area contributed by atoms with Crippen LogP contribution in [-0.4, -0.2) is 42.9 Å². The molecule has 0 saturated heterocycles. The Balaban J connectivity index is 2.43. The summed E-state index contributed by atoms with van der Waals surface area (Å²) < 4.78 is 5.07. The van der Waals surface area contributed by atoms with E-state index in [1.165, 1.54) is 0 Å². The summed E-state index contributed by atoms with van der Waals surface area (Å²) in [5.74, 6) is -1.06. The lowest BCUT2D eigenvalue weighted by atomic mass is 10.1. The number of carboxylic acids is 1. The molecule has 0 bridgehead atoms. The lowest BCUT2D eigenvalue weighted by Crippen LogP contribution is -2.47. The zero-order valence-corrected chi connectivity index (χ0v) is 11.5. The molecule has 2 amide bonds. The minimum absolute atomic E-state index is 0.245. The fourth-order valence-corrected chi connectivity index (χ4v) is 1.64. The van der Waals surface area contributed by atoms with E-state index in [1.54, 1.807) is 0 Å². The van der Waals surface area contributed by atoms with Gasteiger partial charge in [0, 0.05) is 19.6 Å². The van der Waals surface area contributed by atoms with Gasteiger partial charge in [-0.3, -0.25) is 0 Å². The van der Waals surface area contributed by atoms with E-state index < -0.39 is 18.0 Å². The Morgan fingerprint density at radius 3 is 2.60 bits per heavy atom. The molecule has 6 nitrogen and oxygen atoms in total. The van der Waals surface area contributed by atoms with E-state index in [0.29, 0.717) is 19.8 Å². The number of carbonyl (C=O) groups excluding carboxylic acids is 1. The third-order valence-electron chi connectivity index (χ3n) is 2.62. The second-order valence-corrected chi connectivity index (χ2v) is 4.18. The number of nitrogens with one attached hydrogen (secondary N) is 2. The van der Waals surface area contributed by atoms with E-state index in [1.807, 2.05) is 37.3 Å². The van der Waals surface area contributed by atoms with Crippen LogP contribution < -0.4 is 10.6 Å². The minimum Gasteiger partial charge on any atom is -0.480 e. The van der Waals surface area contributed by atoms with Crippen LogP contribution in [0.25, 0.3) is 0 Å². The molecule has 1 rings (SSSR count). The molecule has 1 atom stereocenters. The fourth-order valence-electron chi connectivity index (χ4n) is 1.64. The van der Waals surface area contributed by atoms with E-state index in [4.69, 9.17) is 9.84 Å². The maximum absolute atomic E-state index is 11.6. The summed E-state index contributed by atoms with van der Waals surface area (Å²) in [6.07, 6.45) is 0.245. The number of urea groups is 1. The molecule has 6 heteroatoms. The second-order valence-electron chi connectivity index (χ2n) is 4.18. The summed E-state index contributed by atoms with van der Waals surface area (Å²) in [5, 5.41) is 14.1. The van der Waals surface area contributed by atoms with Crippen LogP contribution in [0.2, 0.25) is 0 Å². The van der Waals surface area contributed by atoms with Gasteiger partial charge in [0.1, 0.15) is 6.04 Å². The van der Waals surface area contributed by atoms with Crippen molar-refractivity contribution in [3.8, 4) is 0 Å². The van der Waals surface area contributed by atoms with E-state index in [9.17, 15) is 9.59 Å². The van der Waals surface area contributed by atoms with Gasteiger partial charge in [-0.25, -0.2) is 9.59 Å². The maximum atomic E-state index is 11.6. The molecule has 0 aromatic heterocycles. The molecule has 0 fully saturated rings. The molecule has 0 spiro atoms. The van der Waals surface area contributed by atoms with Crippen LogP contribution in [0, 0.1) is 0 Å². The van der Waals surface area contributed by atoms with Gasteiger partial charge in [-0.05, 0) is 12.5 Å². The van der Waals surface area contributed by atoms with E-state index in [0.717, 1.165) is 5.56 Å². The normalized spacial score (nSPS) is 11.7. The summed E-state index contributed by atoms with van der Waals surface area (Å²) >= 11 is 0. The number of carboxylic acid groups (broad SMARTS) is 1. The van der Waals surface area contributed by atoms with E-state index in [2.05, 4.69) is 10.6 Å². The SMILES string of the molecule is CCOCCNC(=O)NC(Cc1ccccc1)C(=O)O. The Kier molecular flexibility index (Phi) is 7.13. The summed E-state index contributed by atoms with van der Waals surface area (Å²) in [6.45, 7) is 3.19. The van der Waals surface area contributed by atoms with Gasteiger partial charge >= 0.3 is 12.0 Å². The number of amides is 2. The Morgan fingerprint density at radius 2 is 2.00 bits per heavy atom. The molecule has 0 aliphatic heterocycles. The number of rotatable bonds is 8. The van der Waals surface area contributed by atoms with Crippen molar-refractivity contribution in [3.05, 3.63) is 35.9 Å². The molecule has 3 N–H and O–H groups in total. The third-order valence-corrected chi connectivity index (χ3v) is 2.62. The van der Waals surface area contributed by atoms with Crippen molar-refractivity contribution >= 4 is 12.0 Å². The van der Waals surface area contributed by atoms with Gasteiger partial charge in [0.05, 0.1) is 6.61 Å². The molecule has 1 aromatic carbocycles. The van der Waals surface area contributed by atoms with Crippen LogP contribution in [0.5, 0.6) is 0 Å². The van der Waals surface area contributed by atoms with Crippen molar-refractivity contribution in [2.24, 2.45) is 0 Å². The largest absolute Gasteiger partial charge is 0.480 e. The number of benzene rings is 1. The van der Waals surface area contributed by atoms with E-state index >= 15 is 0 Å². The highest BCUT2D eigenvalue weighted by Gasteiger charge is 2.19. The van der Waals surface area contributed by atoms with Crippen molar-refractivity contribution in [1.29, 1.82) is 0 Å². The van der Waals surface area contributed by atoms with Gasteiger partial charge in [0.15, 0.2) is 0 Å². The molecule has 110 valence electrons. The lowest BCUT2D eigenvalue weighted by Gasteiger charge is -2.15. The molecule has 20 heavy (non-hydrogen) atoms. The molecule has 1 unspecified atom stereocenters. The van der Waals surface area contributed by atoms with Gasteiger partial charge in [-0.15, -0.1) is 0 Å². The minimum atomic E-state index is -1.06. The zero-order valence-electron chi connectivity index (χ0n) is 11.5. The highest BCUT2D eigenvalue weighted by molar-refractivity contribution is 5.82. The first-order valence-electron chi connectivity index (χ1n) is 6.52. The number of hydrogen-bond donors (Lipinski definition) is 3. The number of aliphatic carboxylic acids is 1. The Hall–Kier alpha value is -2.08. The summed E-state index contributed by atoms with van der Waals surface area (Å²) in [7, 11) is 0. The van der Waals surface area contributed by atoms with Crippen molar-refractivity contribution in [3.63, 3.8) is 0 Å². The number of hydrogen-bond acceptors (Lipinski definition) is 3. The second kappa shape index (κ2) is 8.92. The molecule has 0 aliphatic carbocycles. The topological polar surface area (TPSA) is 87.7 Å². The average Bonchev–Trinajstić information content (AvgIpc) is 2.44. The molecular formula is C14H20N2O4. The Labute approximate surface area is 118 Å². The predicted octanol–water partition coefficient (Wildman–Crippen LogP) is 1.02. The fraction of sp³-hybridized carbons (Fsp3) is 0.429. The number of ether oxygens (including phenoxy) is 1. The van der Waals surface area contributed by atoms with Gasteiger partial charge in [-0.1, -0.05) is 30.3 Å². The smallest absolute Gasteiger partial charge is 0.326 e. The van der Waals surface area contributed by atoms with Crippen LogP contribution in [-0.2, 0) is 16.0 Å². The average molecular weight is 280 g/mol. The van der Waals surface area contributed by atoms with Crippen LogP contribution in [0.4, 0.5) is 4.79 Å². The van der Waals surface area contributed by atoms with Crippen molar-refractivity contribution in [2.75, 3.05) is 19.8 Å². The molecule has 1 aromatic rings. The standard InChI is InChI=1S/C14H20N2O4/c1-2-20-9-8-15-14(19)16-12(13(17)18)10-11-6-4-3-5-7-11/h3-7,12H,2,8-10H2,1H3,(H,17,18)(H2,15,16,19). The van der Waals surface area contributed by atoms with Gasteiger partial charge < -0.3 is 20.5 Å². The summed E-state index contributed by atoms with van der Waals surface area (Å²) in [5.41, 5.74) is 0.856. The Bertz CT molecular complexity index is 422. The third kappa shape index (κ3) is 6.19. The molecule has 0 aliphatic rings. The highest BCUT2D eigenvalue weighted by atomic mass is 16.5. The molecular weight excluding hydrogens is 260 g/mol. The van der Waals surface area contributed by atoms with Gasteiger partial charge in [0.25, 0.3) is 0 Å².